The first-order valence-electron chi connectivity index (χ1n) is 6.95. The molecule has 0 aromatic heterocycles. The Balaban J connectivity index is 2.02. The molecule has 0 amide bonds. The fourth-order valence-electron chi connectivity index (χ4n) is 2.29. The van der Waals surface area contributed by atoms with E-state index in [9.17, 15) is 21.2 Å². The van der Waals surface area contributed by atoms with Gasteiger partial charge in [-0.2, -0.15) is 8.61 Å². The molecule has 1 saturated heterocycles. The molecule has 2 rings (SSSR count). The van der Waals surface area contributed by atoms with Crippen LogP contribution >= 0.6 is 0 Å². The molecule has 1 fully saturated rings. The number of hydrogen-bond acceptors (Lipinski definition) is 4. The molecule has 0 N–H and O–H groups in total. The lowest BCUT2D eigenvalue weighted by Crippen LogP contribution is -2.51. The Labute approximate surface area is 130 Å². The smallest absolute Gasteiger partial charge is 0.212 e. The SMILES string of the molecule is CCS(=O)(=O)N1CCN(S(=O)(=O)Cc2ccc(F)cc2)CC1. The van der Waals surface area contributed by atoms with Crippen LogP contribution in [0.5, 0.6) is 0 Å². The van der Waals surface area contributed by atoms with Gasteiger partial charge in [0.05, 0.1) is 11.5 Å². The second-order valence-corrected chi connectivity index (χ2v) is 9.31. The molecule has 9 heteroatoms. The third-order valence-electron chi connectivity index (χ3n) is 3.61. The summed E-state index contributed by atoms with van der Waals surface area (Å²) < 4.78 is 63.6. The molecule has 22 heavy (non-hydrogen) atoms. The lowest BCUT2D eigenvalue weighted by atomic mass is 10.2. The maximum Gasteiger partial charge on any atom is 0.218 e. The average molecular weight is 350 g/mol. The number of rotatable bonds is 5. The molecule has 0 atom stereocenters. The summed E-state index contributed by atoms with van der Waals surface area (Å²) in [5.41, 5.74) is 0.505. The van der Waals surface area contributed by atoms with Crippen molar-refractivity contribution in [2.24, 2.45) is 0 Å². The van der Waals surface area contributed by atoms with Crippen LogP contribution in [0.1, 0.15) is 12.5 Å². The summed E-state index contributed by atoms with van der Waals surface area (Å²) in [7, 11) is -6.82. The minimum Gasteiger partial charge on any atom is -0.212 e. The summed E-state index contributed by atoms with van der Waals surface area (Å²) in [6, 6.07) is 5.31. The molecule has 124 valence electrons. The van der Waals surface area contributed by atoms with E-state index in [1.807, 2.05) is 0 Å². The predicted octanol–water partition coefficient (Wildman–Crippen LogP) is 0.623. The number of piperazine rings is 1. The maximum absolute atomic E-state index is 12.8. The number of benzene rings is 1. The van der Waals surface area contributed by atoms with Crippen molar-refractivity contribution in [1.82, 2.24) is 8.61 Å². The van der Waals surface area contributed by atoms with Crippen molar-refractivity contribution in [3.8, 4) is 0 Å². The van der Waals surface area contributed by atoms with E-state index < -0.39 is 25.9 Å². The van der Waals surface area contributed by atoms with Gasteiger partial charge in [0, 0.05) is 26.2 Å². The third kappa shape index (κ3) is 4.03. The van der Waals surface area contributed by atoms with Crippen molar-refractivity contribution in [3.05, 3.63) is 35.6 Å². The normalized spacial score (nSPS) is 18.5. The first kappa shape index (κ1) is 17.3. The van der Waals surface area contributed by atoms with Gasteiger partial charge in [-0.15, -0.1) is 0 Å². The molecule has 0 radical (unpaired) electrons. The minimum absolute atomic E-state index is 0.00926. The number of halogens is 1. The molecule has 1 aliphatic heterocycles. The number of nitrogens with zero attached hydrogens (tertiary/aromatic N) is 2. The van der Waals surface area contributed by atoms with E-state index in [-0.39, 0.29) is 37.7 Å². The van der Waals surface area contributed by atoms with Crippen molar-refractivity contribution < 1.29 is 21.2 Å². The zero-order valence-corrected chi connectivity index (χ0v) is 13.9. The molecule has 0 bridgehead atoms. The summed E-state index contributed by atoms with van der Waals surface area (Å²) in [4.78, 5) is 0. The van der Waals surface area contributed by atoms with Crippen LogP contribution in [0, 0.1) is 5.82 Å². The van der Waals surface area contributed by atoms with Crippen LogP contribution in [0.15, 0.2) is 24.3 Å². The molecule has 0 spiro atoms. The van der Waals surface area contributed by atoms with Gasteiger partial charge in [-0.1, -0.05) is 12.1 Å². The fraction of sp³-hybridized carbons (Fsp3) is 0.538. The molecule has 0 aliphatic carbocycles. The Kier molecular flexibility index (Phi) is 5.21. The van der Waals surface area contributed by atoms with Gasteiger partial charge in [-0.05, 0) is 24.6 Å². The highest BCUT2D eigenvalue weighted by molar-refractivity contribution is 7.89. The van der Waals surface area contributed by atoms with Gasteiger partial charge in [-0.25, -0.2) is 21.2 Å². The van der Waals surface area contributed by atoms with Crippen LogP contribution in [-0.4, -0.2) is 57.4 Å². The lowest BCUT2D eigenvalue weighted by molar-refractivity contribution is 0.273. The van der Waals surface area contributed by atoms with E-state index in [2.05, 4.69) is 0 Å². The largest absolute Gasteiger partial charge is 0.218 e. The molecule has 0 saturated carbocycles. The maximum atomic E-state index is 12.8. The summed E-state index contributed by atoms with van der Waals surface area (Å²) in [6.07, 6.45) is 0. The van der Waals surface area contributed by atoms with E-state index in [0.29, 0.717) is 5.56 Å². The van der Waals surface area contributed by atoms with Gasteiger partial charge in [0.2, 0.25) is 20.0 Å². The lowest BCUT2D eigenvalue weighted by Gasteiger charge is -2.33. The topological polar surface area (TPSA) is 74.8 Å². The van der Waals surface area contributed by atoms with Crippen LogP contribution in [0.25, 0.3) is 0 Å². The molecule has 1 aromatic rings. The zero-order chi connectivity index (χ0) is 16.4. The minimum atomic E-state index is -3.54. The average Bonchev–Trinajstić information content (AvgIpc) is 2.49. The standard InChI is InChI=1S/C13H19FN2O4S2/c1-2-21(17,18)15-7-9-16(10-8-15)22(19,20)11-12-3-5-13(14)6-4-12/h3-6H,2,7-11H2,1H3. The van der Waals surface area contributed by atoms with Crippen LogP contribution < -0.4 is 0 Å². The summed E-state index contributed by atoms with van der Waals surface area (Å²) in [6.45, 7) is 2.18. The summed E-state index contributed by atoms with van der Waals surface area (Å²) in [5.74, 6) is -0.622. The Hall–Kier alpha value is -1.03. The highest BCUT2D eigenvalue weighted by atomic mass is 32.2. The highest BCUT2D eigenvalue weighted by Gasteiger charge is 2.31. The van der Waals surface area contributed by atoms with Crippen LogP contribution in [-0.2, 0) is 25.8 Å². The highest BCUT2D eigenvalue weighted by Crippen LogP contribution is 2.15. The second kappa shape index (κ2) is 6.61. The molecule has 6 nitrogen and oxygen atoms in total. The first-order valence-corrected chi connectivity index (χ1v) is 10.2. The Morgan fingerprint density at radius 2 is 1.36 bits per heavy atom. The molecule has 1 aliphatic rings. The van der Waals surface area contributed by atoms with E-state index in [0.717, 1.165) is 0 Å². The van der Waals surface area contributed by atoms with Crippen LogP contribution in [0.4, 0.5) is 4.39 Å². The van der Waals surface area contributed by atoms with Gasteiger partial charge in [0.1, 0.15) is 5.82 Å². The fourth-order valence-corrected chi connectivity index (χ4v) is 4.89. The van der Waals surface area contributed by atoms with Gasteiger partial charge in [0.15, 0.2) is 0 Å². The van der Waals surface area contributed by atoms with Crippen LogP contribution in [0.2, 0.25) is 0 Å². The quantitative estimate of drug-likeness (QED) is 0.780. The van der Waals surface area contributed by atoms with Crippen molar-refractivity contribution in [2.75, 3.05) is 31.9 Å². The van der Waals surface area contributed by atoms with Gasteiger partial charge in [-0.3, -0.25) is 0 Å². The van der Waals surface area contributed by atoms with E-state index in [4.69, 9.17) is 0 Å². The van der Waals surface area contributed by atoms with E-state index in [1.54, 1.807) is 6.92 Å². The third-order valence-corrected chi connectivity index (χ3v) is 7.34. The molecule has 0 unspecified atom stereocenters. The molecular formula is C13H19FN2O4S2. The van der Waals surface area contributed by atoms with Crippen molar-refractivity contribution >= 4 is 20.0 Å². The summed E-state index contributed by atoms with van der Waals surface area (Å²) in [5, 5.41) is 0. The van der Waals surface area contributed by atoms with Crippen molar-refractivity contribution in [1.29, 1.82) is 0 Å². The summed E-state index contributed by atoms with van der Waals surface area (Å²) >= 11 is 0. The van der Waals surface area contributed by atoms with Gasteiger partial charge < -0.3 is 0 Å². The number of hydrogen-bond donors (Lipinski definition) is 0. The Morgan fingerprint density at radius 1 is 0.909 bits per heavy atom. The second-order valence-electron chi connectivity index (χ2n) is 5.08. The predicted molar refractivity (Wildman–Crippen MR) is 81.6 cm³/mol. The van der Waals surface area contributed by atoms with Crippen molar-refractivity contribution in [3.63, 3.8) is 0 Å². The molecule has 1 aromatic carbocycles. The molecule has 1 heterocycles. The van der Waals surface area contributed by atoms with Crippen molar-refractivity contribution in [2.45, 2.75) is 12.7 Å². The number of sulfonamides is 2. The monoisotopic (exact) mass is 350 g/mol. The van der Waals surface area contributed by atoms with Crippen LogP contribution in [0.3, 0.4) is 0 Å². The first-order chi connectivity index (χ1) is 10.2. The Morgan fingerprint density at radius 3 is 1.82 bits per heavy atom. The Bertz CT molecular complexity index is 709. The van der Waals surface area contributed by atoms with E-state index in [1.165, 1.54) is 32.9 Å². The zero-order valence-electron chi connectivity index (χ0n) is 12.3. The van der Waals surface area contributed by atoms with Gasteiger partial charge >= 0.3 is 0 Å². The molecular weight excluding hydrogens is 331 g/mol. The van der Waals surface area contributed by atoms with E-state index >= 15 is 0 Å². The van der Waals surface area contributed by atoms with Gasteiger partial charge in [0.25, 0.3) is 0 Å².